The number of nitrogens with zero attached hydrogens (tertiary/aromatic N) is 2. The molecule has 8 nitrogen and oxygen atoms in total. The third-order valence-corrected chi connectivity index (χ3v) is 6.67. The van der Waals surface area contributed by atoms with Crippen LogP contribution in [-0.4, -0.2) is 46.5 Å². The van der Waals surface area contributed by atoms with Crippen molar-refractivity contribution in [2.24, 2.45) is 5.73 Å². The van der Waals surface area contributed by atoms with Gasteiger partial charge in [-0.25, -0.2) is 0 Å². The first-order chi connectivity index (χ1) is 14.8. The fraction of sp³-hybridized carbons (Fsp3) is 0.273. The summed E-state index contributed by atoms with van der Waals surface area (Å²) in [5.41, 5.74) is 5.84. The Labute approximate surface area is 183 Å². The number of carbonyl (C=O) groups is 4. The van der Waals surface area contributed by atoms with Gasteiger partial charge in [-0.15, -0.1) is 11.8 Å². The maximum absolute atomic E-state index is 13.3. The van der Waals surface area contributed by atoms with Gasteiger partial charge in [0.1, 0.15) is 12.2 Å². The minimum Gasteiger partial charge on any atom is -0.369 e. The van der Waals surface area contributed by atoms with Gasteiger partial charge >= 0.3 is 0 Å². The van der Waals surface area contributed by atoms with Crippen molar-refractivity contribution in [3.05, 3.63) is 54.1 Å². The van der Waals surface area contributed by atoms with Crippen LogP contribution in [0.4, 0.5) is 11.4 Å². The monoisotopic (exact) mass is 438 g/mol. The SMILES string of the molecule is CC12CCC(=O)N1c1ccccc1C(=O)N2CC(=O)Nc1ccccc1SCC(N)=O. The molecule has 2 heterocycles. The first-order valence-corrected chi connectivity index (χ1v) is 10.8. The summed E-state index contributed by atoms with van der Waals surface area (Å²) >= 11 is 1.23. The van der Waals surface area contributed by atoms with Crippen molar-refractivity contribution in [1.29, 1.82) is 0 Å². The van der Waals surface area contributed by atoms with Crippen LogP contribution in [0.1, 0.15) is 30.1 Å². The van der Waals surface area contributed by atoms with E-state index in [4.69, 9.17) is 5.73 Å². The molecule has 0 radical (unpaired) electrons. The average molecular weight is 439 g/mol. The molecule has 160 valence electrons. The summed E-state index contributed by atoms with van der Waals surface area (Å²) in [5.74, 6) is -1.11. The first kappa shape index (κ1) is 20.9. The molecule has 2 aromatic rings. The number of thioether (sulfide) groups is 1. The molecule has 0 aromatic heterocycles. The normalized spacial score (nSPS) is 19.8. The molecule has 1 saturated heterocycles. The topological polar surface area (TPSA) is 113 Å². The van der Waals surface area contributed by atoms with E-state index in [2.05, 4.69) is 5.32 Å². The number of hydrogen-bond acceptors (Lipinski definition) is 5. The van der Waals surface area contributed by atoms with Crippen molar-refractivity contribution in [3.8, 4) is 0 Å². The van der Waals surface area contributed by atoms with Crippen LogP contribution in [0.25, 0.3) is 0 Å². The highest BCUT2D eigenvalue weighted by Crippen LogP contribution is 2.43. The minimum atomic E-state index is -0.903. The van der Waals surface area contributed by atoms with E-state index >= 15 is 0 Å². The predicted molar refractivity (Wildman–Crippen MR) is 118 cm³/mol. The predicted octanol–water partition coefficient (Wildman–Crippen LogP) is 2.20. The molecular weight excluding hydrogens is 416 g/mol. The van der Waals surface area contributed by atoms with Gasteiger partial charge in [-0.1, -0.05) is 24.3 Å². The molecule has 4 rings (SSSR count). The van der Waals surface area contributed by atoms with Gasteiger partial charge in [0, 0.05) is 11.3 Å². The number of carbonyl (C=O) groups excluding carboxylic acids is 4. The molecule has 0 bridgehead atoms. The number of para-hydroxylation sites is 2. The van der Waals surface area contributed by atoms with Crippen molar-refractivity contribution < 1.29 is 19.2 Å². The quantitative estimate of drug-likeness (QED) is 0.672. The number of nitrogens with one attached hydrogen (secondary N) is 1. The number of fused-ring (bicyclic) bond motifs is 3. The zero-order valence-electron chi connectivity index (χ0n) is 17.0. The Morgan fingerprint density at radius 2 is 1.84 bits per heavy atom. The largest absolute Gasteiger partial charge is 0.369 e. The highest BCUT2D eigenvalue weighted by atomic mass is 32.2. The van der Waals surface area contributed by atoms with Crippen LogP contribution < -0.4 is 16.0 Å². The van der Waals surface area contributed by atoms with Crippen LogP contribution in [0, 0.1) is 0 Å². The number of hydrogen-bond donors (Lipinski definition) is 2. The Morgan fingerprint density at radius 3 is 2.61 bits per heavy atom. The fourth-order valence-electron chi connectivity index (χ4n) is 4.12. The average Bonchev–Trinajstić information content (AvgIpc) is 3.06. The van der Waals surface area contributed by atoms with Gasteiger partial charge in [0.2, 0.25) is 17.7 Å². The Bertz CT molecular complexity index is 1090. The molecule has 1 atom stereocenters. The van der Waals surface area contributed by atoms with E-state index in [0.29, 0.717) is 34.7 Å². The number of benzene rings is 2. The minimum absolute atomic E-state index is 0.0685. The lowest BCUT2D eigenvalue weighted by Crippen LogP contribution is -2.63. The van der Waals surface area contributed by atoms with Gasteiger partial charge in [0.15, 0.2) is 0 Å². The highest BCUT2D eigenvalue weighted by Gasteiger charge is 2.53. The zero-order chi connectivity index (χ0) is 22.2. The van der Waals surface area contributed by atoms with E-state index in [1.165, 1.54) is 16.7 Å². The molecule has 4 amide bonds. The van der Waals surface area contributed by atoms with Crippen molar-refractivity contribution >= 4 is 46.8 Å². The lowest BCUT2D eigenvalue weighted by molar-refractivity contribution is -0.120. The van der Waals surface area contributed by atoms with Crippen LogP contribution in [0.2, 0.25) is 0 Å². The zero-order valence-corrected chi connectivity index (χ0v) is 17.8. The number of rotatable bonds is 6. The van der Waals surface area contributed by atoms with E-state index in [9.17, 15) is 19.2 Å². The molecule has 31 heavy (non-hydrogen) atoms. The smallest absolute Gasteiger partial charge is 0.258 e. The molecule has 2 aliphatic heterocycles. The number of primary amides is 1. The van der Waals surface area contributed by atoms with E-state index in [1.807, 2.05) is 6.92 Å². The van der Waals surface area contributed by atoms with Gasteiger partial charge in [0.25, 0.3) is 5.91 Å². The standard InChI is InChI=1S/C22H22N4O4S/c1-22-11-10-20(29)26(22)16-8-4-2-6-14(16)21(30)25(22)12-19(28)24-15-7-3-5-9-17(15)31-13-18(23)27/h2-9H,10-13H2,1H3,(H2,23,27)(H,24,28). The number of nitrogens with two attached hydrogens (primary N) is 1. The van der Waals surface area contributed by atoms with Crippen LogP contribution in [0.15, 0.2) is 53.4 Å². The van der Waals surface area contributed by atoms with Gasteiger partial charge in [0.05, 0.1) is 22.7 Å². The second-order valence-electron chi connectivity index (χ2n) is 7.65. The second-order valence-corrected chi connectivity index (χ2v) is 8.67. The van der Waals surface area contributed by atoms with Crippen LogP contribution in [0.3, 0.4) is 0 Å². The van der Waals surface area contributed by atoms with Gasteiger partial charge in [-0.2, -0.15) is 0 Å². The Morgan fingerprint density at radius 1 is 1.13 bits per heavy atom. The summed E-state index contributed by atoms with van der Waals surface area (Å²) in [5, 5.41) is 2.83. The molecule has 2 aromatic carbocycles. The Balaban J connectivity index is 1.58. The number of anilines is 2. The summed E-state index contributed by atoms with van der Waals surface area (Å²) in [4.78, 5) is 53.7. The van der Waals surface area contributed by atoms with Crippen molar-refractivity contribution in [1.82, 2.24) is 4.90 Å². The van der Waals surface area contributed by atoms with E-state index < -0.39 is 11.6 Å². The number of amides is 4. The highest BCUT2D eigenvalue weighted by molar-refractivity contribution is 8.00. The lowest BCUT2D eigenvalue weighted by Gasteiger charge is -2.48. The first-order valence-electron chi connectivity index (χ1n) is 9.85. The van der Waals surface area contributed by atoms with Crippen molar-refractivity contribution in [3.63, 3.8) is 0 Å². The van der Waals surface area contributed by atoms with E-state index in [-0.39, 0.29) is 30.0 Å². The molecule has 0 saturated carbocycles. The molecule has 0 spiro atoms. The van der Waals surface area contributed by atoms with Gasteiger partial charge < -0.3 is 16.0 Å². The summed E-state index contributed by atoms with van der Waals surface area (Å²) < 4.78 is 0. The molecule has 9 heteroatoms. The van der Waals surface area contributed by atoms with Gasteiger partial charge in [-0.05, 0) is 37.6 Å². The summed E-state index contributed by atoms with van der Waals surface area (Å²) in [6.07, 6.45) is 0.757. The molecule has 0 aliphatic carbocycles. The molecule has 3 N–H and O–H groups in total. The van der Waals surface area contributed by atoms with Crippen molar-refractivity contribution in [2.75, 3.05) is 22.5 Å². The van der Waals surface area contributed by atoms with Gasteiger partial charge in [-0.3, -0.25) is 24.1 Å². The van der Waals surface area contributed by atoms with E-state index in [1.54, 1.807) is 53.4 Å². The fourth-order valence-corrected chi connectivity index (χ4v) is 4.87. The Kier molecular flexibility index (Phi) is 5.45. The third kappa shape index (κ3) is 3.76. The third-order valence-electron chi connectivity index (χ3n) is 5.58. The maximum Gasteiger partial charge on any atom is 0.258 e. The second kappa shape index (κ2) is 8.07. The Hall–Kier alpha value is -3.33. The van der Waals surface area contributed by atoms with E-state index in [0.717, 1.165) is 0 Å². The molecule has 1 unspecified atom stereocenters. The van der Waals surface area contributed by atoms with Crippen LogP contribution >= 0.6 is 11.8 Å². The lowest BCUT2D eigenvalue weighted by atomic mass is 9.98. The van der Waals surface area contributed by atoms with Crippen LogP contribution in [0.5, 0.6) is 0 Å². The molecular formula is C22H22N4O4S. The summed E-state index contributed by atoms with van der Waals surface area (Å²) in [7, 11) is 0. The molecule has 1 fully saturated rings. The summed E-state index contributed by atoms with van der Waals surface area (Å²) in [6, 6.07) is 14.0. The van der Waals surface area contributed by atoms with Crippen LogP contribution in [-0.2, 0) is 14.4 Å². The summed E-state index contributed by atoms with van der Waals surface area (Å²) in [6.45, 7) is 1.61. The maximum atomic E-state index is 13.3. The molecule has 2 aliphatic rings. The van der Waals surface area contributed by atoms with Crippen molar-refractivity contribution in [2.45, 2.75) is 30.3 Å².